The summed E-state index contributed by atoms with van der Waals surface area (Å²) in [5, 5.41) is 11.5. The fraction of sp³-hybridized carbons (Fsp3) is 0.800. The second kappa shape index (κ2) is 5.54. The van der Waals surface area contributed by atoms with Gasteiger partial charge < -0.3 is 0 Å². The van der Waals surface area contributed by atoms with E-state index in [1.54, 1.807) is 0 Å². The van der Waals surface area contributed by atoms with Crippen molar-refractivity contribution in [1.29, 1.82) is 0 Å². The van der Waals surface area contributed by atoms with E-state index in [-0.39, 0.29) is 6.04 Å². The number of nitrogens with zero attached hydrogens (tertiary/aromatic N) is 9. The molecular formula is C10H13N9. The van der Waals surface area contributed by atoms with Gasteiger partial charge in [0.2, 0.25) is 0 Å². The van der Waals surface area contributed by atoms with Crippen LogP contribution in [0.1, 0.15) is 38.5 Å². The second-order valence-electron chi connectivity index (χ2n) is 4.69. The van der Waals surface area contributed by atoms with E-state index in [0.717, 1.165) is 24.8 Å². The lowest BCUT2D eigenvalue weighted by molar-refractivity contribution is 0.289. The van der Waals surface area contributed by atoms with E-state index in [0.29, 0.717) is 25.0 Å². The molecule has 2 unspecified atom stereocenters. The predicted octanol–water partition coefficient (Wildman–Crippen LogP) is 4.65. The summed E-state index contributed by atoms with van der Waals surface area (Å²) >= 11 is 0. The van der Waals surface area contributed by atoms with Crippen molar-refractivity contribution in [1.82, 2.24) is 0 Å². The number of hydrogen-bond acceptors (Lipinski definition) is 3. The Hall–Kier alpha value is -2.33. The highest BCUT2D eigenvalue weighted by Crippen LogP contribution is 2.47. The summed E-state index contributed by atoms with van der Waals surface area (Å²) in [6.07, 6.45) is 4.34. The SMILES string of the molecule is [N-]=[N+]=NC1=C2CCCCC2(N=[N+]=[N-])C(N=[N+]=[N-])CC1. The number of fused-ring (bicyclic) bond motifs is 1. The lowest BCUT2D eigenvalue weighted by Gasteiger charge is -2.44. The second-order valence-corrected chi connectivity index (χ2v) is 4.69. The number of azide groups is 3. The van der Waals surface area contributed by atoms with Gasteiger partial charge >= 0.3 is 0 Å². The number of rotatable bonds is 3. The van der Waals surface area contributed by atoms with E-state index in [4.69, 9.17) is 16.6 Å². The molecular weight excluding hydrogens is 246 g/mol. The van der Waals surface area contributed by atoms with Crippen LogP contribution in [0.15, 0.2) is 26.6 Å². The minimum Gasteiger partial charge on any atom is -0.0896 e. The van der Waals surface area contributed by atoms with Gasteiger partial charge in [-0.05, 0) is 48.7 Å². The molecule has 0 aromatic rings. The van der Waals surface area contributed by atoms with Crippen LogP contribution >= 0.6 is 0 Å². The quantitative estimate of drug-likeness (QED) is 0.394. The van der Waals surface area contributed by atoms with Gasteiger partial charge in [-0.25, -0.2) is 0 Å². The Morgan fingerprint density at radius 2 is 1.89 bits per heavy atom. The molecule has 0 heterocycles. The number of allylic oxidation sites excluding steroid dienone is 1. The van der Waals surface area contributed by atoms with E-state index >= 15 is 0 Å². The van der Waals surface area contributed by atoms with Crippen LogP contribution in [-0.2, 0) is 0 Å². The van der Waals surface area contributed by atoms with Crippen molar-refractivity contribution < 1.29 is 0 Å². The third-order valence-corrected chi connectivity index (χ3v) is 3.89. The Morgan fingerprint density at radius 3 is 2.58 bits per heavy atom. The lowest BCUT2D eigenvalue weighted by Crippen LogP contribution is -2.45. The topological polar surface area (TPSA) is 146 Å². The zero-order valence-corrected chi connectivity index (χ0v) is 10.3. The maximum absolute atomic E-state index is 8.85. The first-order valence-electron chi connectivity index (χ1n) is 6.16. The van der Waals surface area contributed by atoms with Gasteiger partial charge in [-0.2, -0.15) is 0 Å². The molecule has 19 heavy (non-hydrogen) atoms. The van der Waals surface area contributed by atoms with Gasteiger partial charge in [-0.15, -0.1) is 0 Å². The van der Waals surface area contributed by atoms with Gasteiger partial charge in [-0.3, -0.25) is 0 Å². The van der Waals surface area contributed by atoms with Crippen LogP contribution in [0.5, 0.6) is 0 Å². The molecule has 98 valence electrons. The molecule has 0 radical (unpaired) electrons. The Morgan fingerprint density at radius 1 is 1.05 bits per heavy atom. The summed E-state index contributed by atoms with van der Waals surface area (Å²) in [5.74, 6) is 0. The maximum atomic E-state index is 8.85. The van der Waals surface area contributed by atoms with Crippen molar-refractivity contribution in [2.45, 2.75) is 50.1 Å². The molecule has 0 aromatic heterocycles. The van der Waals surface area contributed by atoms with Gasteiger partial charge in [0.1, 0.15) is 0 Å². The molecule has 1 fully saturated rings. The standard InChI is InChI=1S/C10H13N9/c11-17-14-8-4-5-9(15-18-12)10(16-19-13)6-2-1-3-7(8)10/h9H,1-6H2. The third kappa shape index (κ3) is 2.18. The van der Waals surface area contributed by atoms with Crippen LogP contribution in [0, 0.1) is 0 Å². The Labute approximate surface area is 109 Å². The Balaban J connectivity index is 2.62. The maximum Gasteiger partial charge on any atom is 0.0786 e. The minimum absolute atomic E-state index is 0.388. The van der Waals surface area contributed by atoms with E-state index in [1.165, 1.54) is 0 Å². The Kier molecular flexibility index (Phi) is 3.82. The van der Waals surface area contributed by atoms with Crippen molar-refractivity contribution in [3.8, 4) is 0 Å². The lowest BCUT2D eigenvalue weighted by atomic mass is 9.68. The average Bonchev–Trinajstić information content (AvgIpc) is 2.42. The highest BCUT2D eigenvalue weighted by atomic mass is 15.2. The zero-order valence-electron chi connectivity index (χ0n) is 10.3. The molecule has 2 aliphatic rings. The van der Waals surface area contributed by atoms with Crippen LogP contribution in [0.4, 0.5) is 0 Å². The molecule has 0 aromatic carbocycles. The van der Waals surface area contributed by atoms with Crippen molar-refractivity contribution in [2.24, 2.45) is 15.3 Å². The fourth-order valence-electron chi connectivity index (χ4n) is 3.13. The number of hydrogen-bond donors (Lipinski definition) is 0. The van der Waals surface area contributed by atoms with E-state index in [2.05, 4.69) is 30.1 Å². The predicted molar refractivity (Wildman–Crippen MR) is 68.7 cm³/mol. The van der Waals surface area contributed by atoms with Gasteiger partial charge in [0.25, 0.3) is 0 Å². The first-order valence-corrected chi connectivity index (χ1v) is 6.16. The molecule has 1 saturated carbocycles. The van der Waals surface area contributed by atoms with Gasteiger partial charge in [0.15, 0.2) is 0 Å². The monoisotopic (exact) mass is 259 g/mol. The van der Waals surface area contributed by atoms with E-state index in [9.17, 15) is 0 Å². The van der Waals surface area contributed by atoms with Crippen LogP contribution in [0.25, 0.3) is 31.3 Å². The molecule has 0 bridgehead atoms. The molecule has 9 heteroatoms. The highest BCUT2D eigenvalue weighted by Gasteiger charge is 2.45. The summed E-state index contributed by atoms with van der Waals surface area (Å²) in [5.41, 5.74) is 26.8. The first-order chi connectivity index (χ1) is 9.28. The van der Waals surface area contributed by atoms with E-state index < -0.39 is 5.54 Å². The minimum atomic E-state index is -0.832. The van der Waals surface area contributed by atoms with Crippen LogP contribution in [-0.4, -0.2) is 11.6 Å². The molecule has 2 aliphatic carbocycles. The highest BCUT2D eigenvalue weighted by molar-refractivity contribution is 5.35. The van der Waals surface area contributed by atoms with Gasteiger partial charge in [-0.1, -0.05) is 27.3 Å². The largest absolute Gasteiger partial charge is 0.0896 e. The molecule has 0 amide bonds. The first kappa shape index (κ1) is 13.1. The van der Waals surface area contributed by atoms with Crippen LogP contribution < -0.4 is 0 Å². The van der Waals surface area contributed by atoms with Crippen molar-refractivity contribution in [2.75, 3.05) is 0 Å². The van der Waals surface area contributed by atoms with Crippen LogP contribution in [0.2, 0.25) is 0 Å². The summed E-state index contributed by atoms with van der Waals surface area (Å²) < 4.78 is 0. The molecule has 0 aliphatic heterocycles. The summed E-state index contributed by atoms with van der Waals surface area (Å²) in [6, 6.07) is -0.388. The van der Waals surface area contributed by atoms with Crippen molar-refractivity contribution in [3.63, 3.8) is 0 Å². The van der Waals surface area contributed by atoms with Crippen LogP contribution in [0.3, 0.4) is 0 Å². The van der Waals surface area contributed by atoms with E-state index in [1.807, 2.05) is 0 Å². The molecule has 0 N–H and O–H groups in total. The summed E-state index contributed by atoms with van der Waals surface area (Å²) in [6.45, 7) is 0. The summed E-state index contributed by atoms with van der Waals surface area (Å²) in [4.78, 5) is 8.64. The average molecular weight is 259 g/mol. The molecule has 0 saturated heterocycles. The van der Waals surface area contributed by atoms with Gasteiger partial charge in [0.05, 0.1) is 11.6 Å². The van der Waals surface area contributed by atoms with Crippen molar-refractivity contribution in [3.05, 3.63) is 42.6 Å². The Bertz CT molecular complexity index is 545. The molecule has 9 nitrogen and oxygen atoms in total. The molecule has 0 spiro atoms. The molecule has 2 rings (SSSR count). The molecule has 2 atom stereocenters. The summed E-state index contributed by atoms with van der Waals surface area (Å²) in [7, 11) is 0. The van der Waals surface area contributed by atoms with Gasteiger partial charge in [0, 0.05) is 20.4 Å². The smallest absolute Gasteiger partial charge is 0.0786 e. The normalized spacial score (nSPS) is 29.4. The zero-order chi connectivity index (χ0) is 13.7. The van der Waals surface area contributed by atoms with Crippen molar-refractivity contribution >= 4 is 0 Å². The fourth-order valence-corrected chi connectivity index (χ4v) is 3.13. The third-order valence-electron chi connectivity index (χ3n) is 3.89.